The smallest absolute Gasteiger partial charge is 0.337 e. The quantitative estimate of drug-likeness (QED) is 0.455. The summed E-state index contributed by atoms with van der Waals surface area (Å²) in [5.41, 5.74) is 2.52. The molecule has 0 bridgehead atoms. The van der Waals surface area contributed by atoms with Crippen molar-refractivity contribution in [2.75, 3.05) is 51.6 Å². The van der Waals surface area contributed by atoms with E-state index < -0.39 is 0 Å². The maximum absolute atomic E-state index is 12.9. The number of carbonyl (C=O) groups excluding carboxylic acids is 2. The number of nitrogens with zero attached hydrogens (tertiary/aromatic N) is 1. The van der Waals surface area contributed by atoms with Crippen molar-refractivity contribution in [2.24, 2.45) is 0 Å². The standard InChI is InChI=1S/C24H30N2O5S/c1-29-20-8-5-17(15-21(20)30-2)9-11-25-12-10-23(27)26-13-4-14-32-22-16-18(24(28)31-3)6-7-19(22)26/h5-8,15-16,25H,4,9-14H2,1-3H3. The van der Waals surface area contributed by atoms with E-state index in [1.807, 2.05) is 35.2 Å². The van der Waals surface area contributed by atoms with E-state index in [2.05, 4.69) is 5.32 Å². The lowest BCUT2D eigenvalue weighted by Gasteiger charge is -2.23. The Bertz CT molecular complexity index is 950. The third kappa shape index (κ3) is 5.95. The average Bonchev–Trinajstić information content (AvgIpc) is 3.05. The first-order valence-electron chi connectivity index (χ1n) is 10.6. The molecule has 0 saturated carbocycles. The number of rotatable bonds is 9. The van der Waals surface area contributed by atoms with Gasteiger partial charge in [0.1, 0.15) is 0 Å². The van der Waals surface area contributed by atoms with E-state index >= 15 is 0 Å². The molecule has 0 radical (unpaired) electrons. The molecule has 0 aliphatic carbocycles. The van der Waals surface area contributed by atoms with Crippen LogP contribution in [0.3, 0.4) is 0 Å². The molecule has 0 spiro atoms. The van der Waals surface area contributed by atoms with E-state index in [0.717, 1.165) is 41.3 Å². The fourth-order valence-electron chi connectivity index (χ4n) is 3.61. The molecule has 0 atom stereocenters. The van der Waals surface area contributed by atoms with Crippen LogP contribution in [0.4, 0.5) is 5.69 Å². The Kier molecular flexibility index (Phi) is 8.81. The topological polar surface area (TPSA) is 77.1 Å². The zero-order valence-corrected chi connectivity index (χ0v) is 19.6. The van der Waals surface area contributed by atoms with Gasteiger partial charge in [0, 0.05) is 24.4 Å². The molecule has 0 saturated heterocycles. The highest BCUT2D eigenvalue weighted by Crippen LogP contribution is 2.35. The fourth-order valence-corrected chi connectivity index (χ4v) is 4.64. The third-order valence-corrected chi connectivity index (χ3v) is 6.44. The highest BCUT2D eigenvalue weighted by molar-refractivity contribution is 7.99. The number of methoxy groups -OCH3 is 3. The van der Waals surface area contributed by atoms with Crippen LogP contribution in [-0.2, 0) is 16.0 Å². The summed E-state index contributed by atoms with van der Waals surface area (Å²) < 4.78 is 15.4. The third-order valence-electron chi connectivity index (χ3n) is 5.31. The normalized spacial score (nSPS) is 13.2. The number of ether oxygens (including phenoxy) is 3. The second kappa shape index (κ2) is 11.8. The van der Waals surface area contributed by atoms with Crippen LogP contribution in [0.1, 0.15) is 28.8 Å². The maximum Gasteiger partial charge on any atom is 0.337 e. The van der Waals surface area contributed by atoms with E-state index in [1.165, 1.54) is 7.11 Å². The average molecular weight is 459 g/mol. The maximum atomic E-state index is 12.9. The Morgan fingerprint density at radius 2 is 1.84 bits per heavy atom. The van der Waals surface area contributed by atoms with Crippen LogP contribution in [0.25, 0.3) is 0 Å². The SMILES string of the molecule is COC(=O)c1ccc2c(c1)SCCCN2C(=O)CCNCCc1ccc(OC)c(OC)c1. The number of anilines is 1. The van der Waals surface area contributed by atoms with Gasteiger partial charge in [0.15, 0.2) is 11.5 Å². The van der Waals surface area contributed by atoms with E-state index in [4.69, 9.17) is 14.2 Å². The molecule has 2 aromatic carbocycles. The van der Waals surface area contributed by atoms with Gasteiger partial charge in [-0.1, -0.05) is 6.07 Å². The summed E-state index contributed by atoms with van der Waals surface area (Å²) in [4.78, 5) is 27.6. The summed E-state index contributed by atoms with van der Waals surface area (Å²) in [6.45, 7) is 2.05. The molecule has 1 heterocycles. The number of thioether (sulfide) groups is 1. The Labute approximate surface area is 193 Å². The summed E-state index contributed by atoms with van der Waals surface area (Å²) in [6, 6.07) is 11.3. The van der Waals surface area contributed by atoms with E-state index in [9.17, 15) is 9.59 Å². The zero-order chi connectivity index (χ0) is 22.9. The molecule has 1 aliphatic rings. The number of fused-ring (bicyclic) bond motifs is 1. The summed E-state index contributed by atoms with van der Waals surface area (Å²) in [7, 11) is 4.62. The number of nitrogens with one attached hydrogen (secondary N) is 1. The lowest BCUT2D eigenvalue weighted by atomic mass is 10.1. The Morgan fingerprint density at radius 1 is 1.03 bits per heavy atom. The summed E-state index contributed by atoms with van der Waals surface area (Å²) in [5.74, 6) is 2.05. The van der Waals surface area contributed by atoms with Crippen molar-refractivity contribution in [1.82, 2.24) is 5.32 Å². The minimum atomic E-state index is -0.366. The van der Waals surface area contributed by atoms with Crippen LogP contribution < -0.4 is 19.7 Å². The molecule has 3 rings (SSSR count). The number of hydrogen-bond acceptors (Lipinski definition) is 7. The highest BCUT2D eigenvalue weighted by atomic mass is 32.2. The van der Waals surface area contributed by atoms with Crippen molar-refractivity contribution in [2.45, 2.75) is 24.2 Å². The first kappa shape index (κ1) is 23.9. The molecule has 0 unspecified atom stereocenters. The van der Waals surface area contributed by atoms with Crippen molar-refractivity contribution >= 4 is 29.3 Å². The predicted molar refractivity (Wildman–Crippen MR) is 126 cm³/mol. The van der Waals surface area contributed by atoms with Crippen LogP contribution in [0.5, 0.6) is 11.5 Å². The van der Waals surface area contributed by atoms with Crippen molar-refractivity contribution in [1.29, 1.82) is 0 Å². The Morgan fingerprint density at radius 3 is 2.59 bits per heavy atom. The molecule has 0 aromatic heterocycles. The summed E-state index contributed by atoms with van der Waals surface area (Å²) in [6.07, 6.45) is 2.15. The molecular weight excluding hydrogens is 428 g/mol. The molecule has 8 heteroatoms. The Balaban J connectivity index is 1.52. The van der Waals surface area contributed by atoms with E-state index in [-0.39, 0.29) is 11.9 Å². The number of hydrogen-bond donors (Lipinski definition) is 1. The lowest BCUT2D eigenvalue weighted by molar-refractivity contribution is -0.118. The first-order valence-corrected chi connectivity index (χ1v) is 11.6. The molecular formula is C24H30N2O5S. The summed E-state index contributed by atoms with van der Waals surface area (Å²) in [5, 5.41) is 3.36. The molecule has 0 fully saturated rings. The minimum absolute atomic E-state index is 0.0817. The van der Waals surface area contributed by atoms with Gasteiger partial charge in [-0.2, -0.15) is 0 Å². The predicted octanol–water partition coefficient (Wildman–Crippen LogP) is 3.54. The van der Waals surface area contributed by atoms with Gasteiger partial charge in [-0.25, -0.2) is 4.79 Å². The molecule has 1 aliphatic heterocycles. The highest BCUT2D eigenvalue weighted by Gasteiger charge is 2.22. The minimum Gasteiger partial charge on any atom is -0.493 e. The number of carbonyl (C=O) groups is 2. The fraction of sp³-hybridized carbons (Fsp3) is 0.417. The van der Waals surface area contributed by atoms with Crippen LogP contribution in [0, 0.1) is 0 Å². The zero-order valence-electron chi connectivity index (χ0n) is 18.8. The lowest BCUT2D eigenvalue weighted by Crippen LogP contribution is -2.34. The first-order chi connectivity index (χ1) is 15.6. The molecule has 32 heavy (non-hydrogen) atoms. The van der Waals surface area contributed by atoms with E-state index in [0.29, 0.717) is 36.6 Å². The Hall–Kier alpha value is -2.71. The van der Waals surface area contributed by atoms with Crippen LogP contribution in [0.15, 0.2) is 41.3 Å². The summed E-state index contributed by atoms with van der Waals surface area (Å²) >= 11 is 1.67. The van der Waals surface area contributed by atoms with Crippen molar-refractivity contribution in [3.05, 3.63) is 47.5 Å². The van der Waals surface area contributed by atoms with Crippen LogP contribution in [-0.4, -0.2) is 58.6 Å². The van der Waals surface area contributed by atoms with Crippen LogP contribution >= 0.6 is 11.8 Å². The second-order valence-electron chi connectivity index (χ2n) is 7.36. The van der Waals surface area contributed by atoms with Gasteiger partial charge >= 0.3 is 5.97 Å². The van der Waals surface area contributed by atoms with Gasteiger partial charge in [0.05, 0.1) is 32.6 Å². The second-order valence-corrected chi connectivity index (χ2v) is 8.50. The molecule has 1 N–H and O–H groups in total. The van der Waals surface area contributed by atoms with Gasteiger partial charge in [0.2, 0.25) is 5.91 Å². The monoisotopic (exact) mass is 458 g/mol. The van der Waals surface area contributed by atoms with Gasteiger partial charge in [-0.15, -0.1) is 11.8 Å². The van der Waals surface area contributed by atoms with Gasteiger partial charge in [-0.05, 0) is 61.0 Å². The van der Waals surface area contributed by atoms with Gasteiger partial charge in [-0.3, -0.25) is 4.79 Å². The van der Waals surface area contributed by atoms with Gasteiger partial charge in [0.25, 0.3) is 0 Å². The largest absolute Gasteiger partial charge is 0.493 e. The van der Waals surface area contributed by atoms with Crippen molar-refractivity contribution in [3.63, 3.8) is 0 Å². The molecule has 1 amide bonds. The van der Waals surface area contributed by atoms with Crippen molar-refractivity contribution in [3.8, 4) is 11.5 Å². The molecule has 172 valence electrons. The number of esters is 1. The van der Waals surface area contributed by atoms with Gasteiger partial charge < -0.3 is 24.4 Å². The van der Waals surface area contributed by atoms with E-state index in [1.54, 1.807) is 32.0 Å². The number of amides is 1. The van der Waals surface area contributed by atoms with Crippen LogP contribution in [0.2, 0.25) is 0 Å². The molecule has 7 nitrogen and oxygen atoms in total. The number of benzene rings is 2. The van der Waals surface area contributed by atoms with Crippen molar-refractivity contribution < 1.29 is 23.8 Å². The molecule has 2 aromatic rings.